The minimum Gasteiger partial charge on any atom is -0.497 e. The third-order valence-corrected chi connectivity index (χ3v) is 5.92. The molecule has 34 heavy (non-hydrogen) atoms. The van der Waals surface area contributed by atoms with Crippen molar-refractivity contribution in [1.82, 2.24) is 4.90 Å². The Hall–Kier alpha value is -3.62. The molecule has 0 fully saturated rings. The Morgan fingerprint density at radius 3 is 2.21 bits per heavy atom. The molecule has 184 valence electrons. The van der Waals surface area contributed by atoms with Gasteiger partial charge in [0.05, 0.1) is 46.8 Å². The van der Waals surface area contributed by atoms with Crippen LogP contribution < -0.4 is 19.1 Å². The smallest absolute Gasteiger partial charge is 0.414 e. The van der Waals surface area contributed by atoms with Crippen LogP contribution in [-0.4, -0.2) is 58.2 Å². The predicted octanol–water partition coefficient (Wildman–Crippen LogP) is 4.78. The van der Waals surface area contributed by atoms with Crippen molar-refractivity contribution in [1.29, 1.82) is 0 Å². The number of hydrogen-bond donors (Lipinski definition) is 0. The van der Waals surface area contributed by atoms with E-state index >= 15 is 0 Å². The number of amides is 2. The fourth-order valence-electron chi connectivity index (χ4n) is 4.27. The zero-order valence-electron chi connectivity index (χ0n) is 20.5. The van der Waals surface area contributed by atoms with E-state index in [-0.39, 0.29) is 18.7 Å². The quantitative estimate of drug-likeness (QED) is 0.573. The number of anilines is 1. The van der Waals surface area contributed by atoms with Crippen LogP contribution >= 0.6 is 0 Å². The Labute approximate surface area is 200 Å². The number of carbonyl (C=O) groups excluding carboxylic acids is 2. The van der Waals surface area contributed by atoms with Crippen LogP contribution in [0.4, 0.5) is 15.3 Å². The van der Waals surface area contributed by atoms with Crippen molar-refractivity contribution in [2.45, 2.75) is 38.9 Å². The van der Waals surface area contributed by atoms with Gasteiger partial charge in [-0.2, -0.15) is 0 Å². The van der Waals surface area contributed by atoms with Gasteiger partial charge in [0, 0.05) is 24.2 Å². The molecule has 0 N–H and O–H groups in total. The largest absolute Gasteiger partial charge is 0.497 e. The number of benzene rings is 2. The van der Waals surface area contributed by atoms with E-state index in [0.717, 1.165) is 16.9 Å². The van der Waals surface area contributed by atoms with Gasteiger partial charge >= 0.3 is 12.2 Å². The molecule has 1 aliphatic rings. The minimum atomic E-state index is -0.474. The maximum Gasteiger partial charge on any atom is 0.414 e. The van der Waals surface area contributed by atoms with E-state index in [2.05, 4.69) is 0 Å². The highest BCUT2D eigenvalue weighted by Gasteiger charge is 2.40. The van der Waals surface area contributed by atoms with E-state index in [0.29, 0.717) is 30.2 Å². The van der Waals surface area contributed by atoms with Crippen LogP contribution in [0, 0.1) is 0 Å². The van der Waals surface area contributed by atoms with Gasteiger partial charge in [0.25, 0.3) is 0 Å². The second-order valence-electron chi connectivity index (χ2n) is 7.88. The molecule has 0 radical (unpaired) electrons. The highest BCUT2D eigenvalue weighted by atomic mass is 16.6. The molecule has 2 aromatic carbocycles. The predicted molar refractivity (Wildman–Crippen MR) is 127 cm³/mol. The highest BCUT2D eigenvalue weighted by molar-refractivity contribution is 5.91. The molecule has 0 aromatic heterocycles. The molecule has 0 bridgehead atoms. The van der Waals surface area contributed by atoms with Gasteiger partial charge in [-0.25, -0.2) is 9.59 Å². The second kappa shape index (κ2) is 11.0. The molecule has 1 heterocycles. The Balaban J connectivity index is 2.11. The average Bonchev–Trinajstić information content (AvgIpc) is 2.86. The number of carbonyl (C=O) groups is 2. The average molecular weight is 473 g/mol. The van der Waals surface area contributed by atoms with E-state index in [9.17, 15) is 9.59 Å². The molecule has 0 unspecified atom stereocenters. The normalized spacial score (nSPS) is 16.8. The van der Waals surface area contributed by atoms with Crippen molar-refractivity contribution in [2.24, 2.45) is 0 Å². The molecule has 2 atom stereocenters. The first-order chi connectivity index (χ1) is 16.4. The van der Waals surface area contributed by atoms with E-state index < -0.39 is 12.2 Å². The maximum atomic E-state index is 13.0. The number of ether oxygens (including phenoxy) is 5. The van der Waals surface area contributed by atoms with E-state index in [1.54, 1.807) is 43.1 Å². The molecule has 0 saturated carbocycles. The van der Waals surface area contributed by atoms with Crippen LogP contribution in [0.5, 0.6) is 17.2 Å². The Kier molecular flexibility index (Phi) is 8.09. The summed E-state index contributed by atoms with van der Waals surface area (Å²) in [5.74, 6) is 1.70. The third kappa shape index (κ3) is 4.98. The standard InChI is InChI=1S/C25H32N2O7/c1-7-34-25(29)27-16(2)12-20(19-13-22(31-4)23(32-5)14-21(19)27)26(24(28)33-6)15-17-8-10-18(30-3)11-9-17/h8-11,13-14,16,20H,7,12,15H2,1-6H3/t16-,20+/m0/s1. The van der Waals surface area contributed by atoms with Crippen molar-refractivity contribution < 1.29 is 33.3 Å². The summed E-state index contributed by atoms with van der Waals surface area (Å²) in [5.41, 5.74) is 2.25. The lowest BCUT2D eigenvalue weighted by atomic mass is 9.90. The summed E-state index contributed by atoms with van der Waals surface area (Å²) in [6.45, 7) is 4.24. The van der Waals surface area contributed by atoms with Gasteiger partial charge in [-0.3, -0.25) is 9.80 Å². The molecular formula is C25H32N2O7. The molecule has 1 aliphatic heterocycles. The zero-order valence-corrected chi connectivity index (χ0v) is 20.5. The van der Waals surface area contributed by atoms with Gasteiger partial charge in [0.2, 0.25) is 0 Å². The number of methoxy groups -OCH3 is 4. The van der Waals surface area contributed by atoms with Gasteiger partial charge in [-0.05, 0) is 44.0 Å². The second-order valence-corrected chi connectivity index (χ2v) is 7.88. The summed E-state index contributed by atoms with van der Waals surface area (Å²) in [6.07, 6.45) is -0.452. The SMILES string of the molecule is CCOC(=O)N1c2cc(OC)c(OC)cc2[C@H](N(Cc2ccc(OC)cc2)C(=O)OC)C[C@@H]1C. The summed E-state index contributed by atoms with van der Waals surface area (Å²) < 4.78 is 26.7. The van der Waals surface area contributed by atoms with E-state index in [1.165, 1.54) is 14.2 Å². The lowest BCUT2D eigenvalue weighted by molar-refractivity contribution is 0.0941. The van der Waals surface area contributed by atoms with Crippen LogP contribution in [0.25, 0.3) is 0 Å². The highest BCUT2D eigenvalue weighted by Crippen LogP contribution is 2.46. The molecule has 3 rings (SSSR count). The summed E-state index contributed by atoms with van der Waals surface area (Å²) >= 11 is 0. The summed E-state index contributed by atoms with van der Waals surface area (Å²) in [7, 11) is 6.04. The molecule has 0 saturated heterocycles. The monoisotopic (exact) mass is 472 g/mol. The number of hydrogen-bond acceptors (Lipinski definition) is 7. The molecule has 9 nitrogen and oxygen atoms in total. The van der Waals surface area contributed by atoms with Crippen molar-refractivity contribution in [2.75, 3.05) is 39.9 Å². The van der Waals surface area contributed by atoms with Gasteiger partial charge < -0.3 is 23.7 Å². The van der Waals surface area contributed by atoms with Crippen molar-refractivity contribution >= 4 is 17.9 Å². The lowest BCUT2D eigenvalue weighted by Crippen LogP contribution is -2.47. The molecule has 2 aromatic rings. The molecule has 0 spiro atoms. The number of rotatable bonds is 7. The fourth-order valence-corrected chi connectivity index (χ4v) is 4.27. The molecule has 9 heteroatoms. The van der Waals surface area contributed by atoms with E-state index in [1.807, 2.05) is 31.2 Å². The first kappa shape index (κ1) is 25.0. The van der Waals surface area contributed by atoms with Crippen molar-refractivity contribution in [3.05, 3.63) is 47.5 Å². The Morgan fingerprint density at radius 1 is 1.00 bits per heavy atom. The van der Waals surface area contributed by atoms with Crippen molar-refractivity contribution in [3.63, 3.8) is 0 Å². The van der Waals surface area contributed by atoms with Gasteiger partial charge in [-0.15, -0.1) is 0 Å². The Morgan fingerprint density at radius 2 is 1.65 bits per heavy atom. The van der Waals surface area contributed by atoms with Crippen LogP contribution in [0.15, 0.2) is 36.4 Å². The molecule has 0 aliphatic carbocycles. The maximum absolute atomic E-state index is 13.0. The van der Waals surface area contributed by atoms with E-state index in [4.69, 9.17) is 23.7 Å². The molecule has 2 amide bonds. The summed E-state index contributed by atoms with van der Waals surface area (Å²) in [5, 5.41) is 0. The summed E-state index contributed by atoms with van der Waals surface area (Å²) in [6, 6.07) is 10.4. The zero-order chi connectivity index (χ0) is 24.8. The van der Waals surface area contributed by atoms with Gasteiger partial charge in [-0.1, -0.05) is 12.1 Å². The van der Waals surface area contributed by atoms with Crippen LogP contribution in [0.1, 0.15) is 37.4 Å². The fraction of sp³-hybridized carbons (Fsp3) is 0.440. The van der Waals surface area contributed by atoms with Crippen LogP contribution in [0.3, 0.4) is 0 Å². The minimum absolute atomic E-state index is 0.250. The number of nitrogens with zero attached hydrogens (tertiary/aromatic N) is 2. The van der Waals surface area contributed by atoms with Gasteiger partial charge in [0.1, 0.15) is 5.75 Å². The third-order valence-electron chi connectivity index (χ3n) is 5.92. The van der Waals surface area contributed by atoms with Crippen molar-refractivity contribution in [3.8, 4) is 17.2 Å². The van der Waals surface area contributed by atoms with Gasteiger partial charge in [0.15, 0.2) is 11.5 Å². The number of fused-ring (bicyclic) bond motifs is 1. The van der Waals surface area contributed by atoms with Crippen LogP contribution in [0.2, 0.25) is 0 Å². The first-order valence-corrected chi connectivity index (χ1v) is 11.1. The first-order valence-electron chi connectivity index (χ1n) is 11.1. The summed E-state index contributed by atoms with van der Waals surface area (Å²) in [4.78, 5) is 29.1. The van der Waals surface area contributed by atoms with Crippen LogP contribution in [-0.2, 0) is 16.0 Å². The lowest BCUT2D eigenvalue weighted by Gasteiger charge is -2.42. The topological polar surface area (TPSA) is 86.8 Å². The molecular weight excluding hydrogens is 440 g/mol. The Bertz CT molecular complexity index is 1010.